The first-order valence-corrected chi connectivity index (χ1v) is 9.81. The third-order valence-electron chi connectivity index (χ3n) is 3.92. The summed E-state index contributed by atoms with van der Waals surface area (Å²) in [6.07, 6.45) is 0. The number of carbonyl (C=O) groups is 3. The minimum Gasteiger partial charge on any atom is -0.477 e. The molecule has 0 aromatic carbocycles. The summed E-state index contributed by atoms with van der Waals surface area (Å²) in [7, 11) is 1.37. The summed E-state index contributed by atoms with van der Waals surface area (Å²) < 4.78 is 8.60. The van der Waals surface area contributed by atoms with Gasteiger partial charge in [0.25, 0.3) is 11.8 Å². The lowest BCUT2D eigenvalue weighted by molar-refractivity contribution is -0.150. The molecule has 0 unspecified atom stereocenters. The van der Waals surface area contributed by atoms with Crippen molar-refractivity contribution in [3.63, 3.8) is 0 Å². The molecule has 2 atom stereocenters. The number of carboxylic acids is 1. The van der Waals surface area contributed by atoms with E-state index in [4.69, 9.17) is 15.3 Å². The number of β-lactam (4-membered cyclic amide) rings is 1. The highest BCUT2D eigenvalue weighted by atomic mass is 32.2. The summed E-state index contributed by atoms with van der Waals surface area (Å²) >= 11 is 2.07. The van der Waals surface area contributed by atoms with Crippen LogP contribution in [-0.2, 0) is 24.0 Å². The number of nitrogens with zero attached hydrogens (tertiary/aromatic N) is 4. The van der Waals surface area contributed by atoms with Crippen molar-refractivity contribution in [2.24, 2.45) is 5.16 Å². The number of aliphatic carboxylic acids is 1. The fourth-order valence-corrected chi connectivity index (χ4v) is 4.44. The number of rotatable bonds is 8. The van der Waals surface area contributed by atoms with Crippen molar-refractivity contribution in [3.8, 4) is 0 Å². The van der Waals surface area contributed by atoms with Gasteiger partial charge in [-0.05, 0) is 5.57 Å². The first-order valence-electron chi connectivity index (χ1n) is 7.99. The van der Waals surface area contributed by atoms with E-state index >= 15 is 0 Å². The maximum Gasteiger partial charge on any atom is 0.352 e. The van der Waals surface area contributed by atoms with Crippen LogP contribution < -0.4 is 11.1 Å². The molecule has 1 saturated heterocycles. The fourth-order valence-electron chi connectivity index (χ4n) is 2.67. The summed E-state index contributed by atoms with van der Waals surface area (Å²) in [5, 5.41) is 24.3. The number of amides is 2. The van der Waals surface area contributed by atoms with Crippen molar-refractivity contribution in [1.29, 1.82) is 0 Å². The first-order chi connectivity index (χ1) is 13.9. The monoisotopic (exact) mass is 444 g/mol. The second-order valence-corrected chi connectivity index (χ2v) is 7.60. The number of nitrogen functional groups attached to an aromatic ring is 1. The van der Waals surface area contributed by atoms with Crippen molar-refractivity contribution in [1.82, 2.24) is 19.6 Å². The number of thioether (sulfide) groups is 1. The van der Waals surface area contributed by atoms with Gasteiger partial charge >= 0.3 is 5.97 Å². The van der Waals surface area contributed by atoms with Crippen LogP contribution in [0.25, 0.3) is 0 Å². The summed E-state index contributed by atoms with van der Waals surface area (Å²) in [6.45, 7) is -0.714. The van der Waals surface area contributed by atoms with E-state index in [0.717, 1.165) is 16.4 Å². The first kappa shape index (κ1) is 21.0. The Balaban J connectivity index is 1.78. The SMILES string of the molecule is COCO/N=C(\C(=O)N[C@@H]1C(=O)N2C(C(=O)O)=C(CO)CS[C@H]12)c1nsc(N)n1. The van der Waals surface area contributed by atoms with Crippen LogP contribution in [0.4, 0.5) is 5.13 Å². The van der Waals surface area contributed by atoms with Gasteiger partial charge < -0.3 is 30.8 Å². The highest BCUT2D eigenvalue weighted by Crippen LogP contribution is 2.40. The highest BCUT2D eigenvalue weighted by Gasteiger charge is 2.54. The average Bonchev–Trinajstić information content (AvgIpc) is 3.13. The van der Waals surface area contributed by atoms with E-state index in [1.54, 1.807) is 0 Å². The number of carbonyl (C=O) groups excluding carboxylic acids is 2. The number of aliphatic hydroxyl groups is 1. The molecule has 2 aliphatic heterocycles. The normalized spacial score (nSPS) is 21.5. The molecule has 29 heavy (non-hydrogen) atoms. The number of nitrogens with two attached hydrogens (primary N) is 1. The van der Waals surface area contributed by atoms with Gasteiger partial charge in [-0.3, -0.25) is 14.5 Å². The van der Waals surface area contributed by atoms with Gasteiger partial charge in [0.15, 0.2) is 5.13 Å². The number of carboxylic acid groups (broad SMARTS) is 1. The van der Waals surface area contributed by atoms with Crippen molar-refractivity contribution in [2.45, 2.75) is 11.4 Å². The standard InChI is InChI=1S/C14H16N6O7S2/c1-26-4-27-18-6(9-17-14(15)29-19-9)10(22)16-7-11(23)20-8(13(24)25)5(2-21)3-28-12(7)20/h7,12,21H,2-4H2,1H3,(H,16,22)(H,24,25)(H2,15,17,19)/b18-6-/t7-,12-/m1/s1. The molecule has 3 rings (SSSR count). The number of fused-ring (bicyclic) bond motifs is 1. The topological polar surface area (TPSA) is 190 Å². The number of hydrogen-bond acceptors (Lipinski definition) is 12. The molecule has 0 bridgehead atoms. The van der Waals surface area contributed by atoms with Crippen molar-refractivity contribution in [2.75, 3.05) is 32.0 Å². The molecule has 0 spiro atoms. The predicted octanol–water partition coefficient (Wildman–Crippen LogP) is -1.82. The molecule has 156 valence electrons. The zero-order chi connectivity index (χ0) is 21.1. The van der Waals surface area contributed by atoms with Gasteiger partial charge in [0.1, 0.15) is 17.1 Å². The van der Waals surface area contributed by atoms with Crippen LogP contribution in [0.1, 0.15) is 5.82 Å². The Morgan fingerprint density at radius 2 is 2.24 bits per heavy atom. The Labute approximate surface area is 171 Å². The van der Waals surface area contributed by atoms with E-state index in [1.807, 2.05) is 0 Å². The Hall–Kier alpha value is -2.75. The van der Waals surface area contributed by atoms with E-state index in [-0.39, 0.29) is 40.5 Å². The van der Waals surface area contributed by atoms with E-state index < -0.39 is 35.8 Å². The largest absolute Gasteiger partial charge is 0.477 e. The van der Waals surface area contributed by atoms with Crippen LogP contribution in [0, 0.1) is 0 Å². The summed E-state index contributed by atoms with van der Waals surface area (Å²) in [5.41, 5.74) is 5.19. The maximum atomic E-state index is 12.7. The molecule has 0 saturated carbocycles. The van der Waals surface area contributed by atoms with Gasteiger partial charge in [-0.2, -0.15) is 9.36 Å². The number of oxime groups is 1. The van der Waals surface area contributed by atoms with E-state index in [2.05, 4.69) is 19.8 Å². The molecule has 1 aromatic rings. The lowest BCUT2D eigenvalue weighted by Crippen LogP contribution is -2.71. The Kier molecular flexibility index (Phi) is 6.31. The molecule has 2 amide bonds. The third kappa shape index (κ3) is 4.02. The number of nitrogens with one attached hydrogen (secondary N) is 1. The number of anilines is 1. The number of aromatic nitrogens is 2. The lowest BCUT2D eigenvalue weighted by atomic mass is 10.0. The number of methoxy groups -OCH3 is 1. The van der Waals surface area contributed by atoms with Gasteiger partial charge in [0, 0.05) is 24.4 Å². The van der Waals surface area contributed by atoms with Crippen LogP contribution in [0.3, 0.4) is 0 Å². The molecule has 1 fully saturated rings. The van der Waals surface area contributed by atoms with Crippen LogP contribution in [0.5, 0.6) is 0 Å². The molecule has 5 N–H and O–H groups in total. The van der Waals surface area contributed by atoms with E-state index in [0.29, 0.717) is 0 Å². The Morgan fingerprint density at radius 1 is 1.48 bits per heavy atom. The quantitative estimate of drug-likeness (QED) is 0.116. The molecule has 1 aromatic heterocycles. The molecular weight excluding hydrogens is 428 g/mol. The molecule has 0 radical (unpaired) electrons. The zero-order valence-electron chi connectivity index (χ0n) is 14.9. The van der Waals surface area contributed by atoms with E-state index in [1.165, 1.54) is 18.9 Å². The van der Waals surface area contributed by atoms with Gasteiger partial charge in [-0.15, -0.1) is 11.8 Å². The van der Waals surface area contributed by atoms with Crippen LogP contribution >= 0.6 is 23.3 Å². The fraction of sp³-hybridized carbons (Fsp3) is 0.429. The van der Waals surface area contributed by atoms with Crippen molar-refractivity contribution >= 4 is 51.9 Å². The third-order valence-corrected chi connectivity index (χ3v) is 5.80. The predicted molar refractivity (Wildman–Crippen MR) is 101 cm³/mol. The molecule has 2 aliphatic rings. The van der Waals surface area contributed by atoms with Crippen LogP contribution in [0.15, 0.2) is 16.4 Å². The summed E-state index contributed by atoms with van der Waals surface area (Å²) in [5.74, 6) is -2.63. The van der Waals surface area contributed by atoms with E-state index in [9.17, 15) is 24.6 Å². The number of ether oxygens (including phenoxy) is 1. The second-order valence-electron chi connectivity index (χ2n) is 5.71. The Bertz CT molecular complexity index is 901. The molecule has 3 heterocycles. The van der Waals surface area contributed by atoms with Gasteiger partial charge in [0.05, 0.1) is 6.61 Å². The summed E-state index contributed by atoms with van der Waals surface area (Å²) in [6, 6.07) is -0.995. The minimum atomic E-state index is -1.32. The molecule has 0 aliphatic carbocycles. The summed E-state index contributed by atoms with van der Waals surface area (Å²) in [4.78, 5) is 46.5. The highest BCUT2D eigenvalue weighted by molar-refractivity contribution is 8.00. The molecule has 13 nitrogen and oxygen atoms in total. The molecular formula is C14H16N6O7S2. The minimum absolute atomic E-state index is 0.0882. The van der Waals surface area contributed by atoms with Crippen molar-refractivity contribution in [3.05, 3.63) is 17.1 Å². The maximum absolute atomic E-state index is 12.7. The van der Waals surface area contributed by atoms with Crippen molar-refractivity contribution < 1.29 is 34.2 Å². The zero-order valence-corrected chi connectivity index (χ0v) is 16.5. The van der Waals surface area contributed by atoms with Gasteiger partial charge in [-0.25, -0.2) is 4.79 Å². The molecule has 15 heteroatoms. The Morgan fingerprint density at radius 3 is 2.83 bits per heavy atom. The van der Waals surface area contributed by atoms with Gasteiger partial charge in [-0.1, -0.05) is 5.16 Å². The number of aliphatic hydroxyl groups excluding tert-OH is 1. The van der Waals surface area contributed by atoms with Crippen LogP contribution in [-0.4, -0.2) is 85.6 Å². The average molecular weight is 444 g/mol. The lowest BCUT2D eigenvalue weighted by Gasteiger charge is -2.49. The van der Waals surface area contributed by atoms with Gasteiger partial charge in [0.2, 0.25) is 18.3 Å². The smallest absolute Gasteiger partial charge is 0.352 e. The number of hydrogen-bond donors (Lipinski definition) is 4. The second kappa shape index (κ2) is 8.73. The van der Waals surface area contributed by atoms with Crippen LogP contribution in [0.2, 0.25) is 0 Å².